The molecule has 0 amide bonds. The van der Waals surface area contributed by atoms with E-state index >= 15 is 0 Å². The highest BCUT2D eigenvalue weighted by atomic mass is 15.0. The van der Waals surface area contributed by atoms with Crippen LogP contribution in [0.15, 0.2) is 12.4 Å². The predicted molar refractivity (Wildman–Crippen MR) is 74.3 cm³/mol. The van der Waals surface area contributed by atoms with Crippen LogP contribution in [0, 0.1) is 18.8 Å². The Kier molecular flexibility index (Phi) is 4.70. The van der Waals surface area contributed by atoms with Crippen LogP contribution in [0.25, 0.3) is 0 Å². The molecule has 1 saturated carbocycles. The lowest BCUT2D eigenvalue weighted by molar-refractivity contribution is 0.222. The second-order valence-corrected chi connectivity index (χ2v) is 5.65. The van der Waals surface area contributed by atoms with Gasteiger partial charge < -0.3 is 5.32 Å². The van der Waals surface area contributed by atoms with Crippen molar-refractivity contribution < 1.29 is 0 Å². The van der Waals surface area contributed by atoms with E-state index in [9.17, 15) is 0 Å². The minimum absolute atomic E-state index is 0.380. The SMILES string of the molecule is CCNC(c1cnc(C)cn1)C1CCCC(C)C1. The number of aryl methyl sites for hydroxylation is 1. The lowest BCUT2D eigenvalue weighted by atomic mass is 9.78. The third-order valence-corrected chi connectivity index (χ3v) is 3.99. The highest BCUT2D eigenvalue weighted by molar-refractivity contribution is 5.08. The van der Waals surface area contributed by atoms with Crippen molar-refractivity contribution in [1.29, 1.82) is 0 Å². The van der Waals surface area contributed by atoms with Crippen molar-refractivity contribution in [3.05, 3.63) is 23.8 Å². The first kappa shape index (κ1) is 13.5. The lowest BCUT2D eigenvalue weighted by Gasteiger charge is -2.33. The van der Waals surface area contributed by atoms with Gasteiger partial charge in [-0.15, -0.1) is 0 Å². The smallest absolute Gasteiger partial charge is 0.0759 e. The Bertz CT molecular complexity index is 361. The van der Waals surface area contributed by atoms with Gasteiger partial charge in [0, 0.05) is 6.20 Å². The van der Waals surface area contributed by atoms with Gasteiger partial charge in [-0.3, -0.25) is 9.97 Å². The third-order valence-electron chi connectivity index (χ3n) is 3.99. The molecule has 0 spiro atoms. The van der Waals surface area contributed by atoms with Crippen LogP contribution < -0.4 is 5.32 Å². The van der Waals surface area contributed by atoms with E-state index in [1.165, 1.54) is 25.7 Å². The van der Waals surface area contributed by atoms with Gasteiger partial charge in [-0.25, -0.2) is 0 Å². The van der Waals surface area contributed by atoms with Gasteiger partial charge in [0.05, 0.1) is 23.6 Å². The molecule has 1 aromatic heterocycles. The lowest BCUT2D eigenvalue weighted by Crippen LogP contribution is -2.32. The van der Waals surface area contributed by atoms with Crippen LogP contribution in [-0.2, 0) is 0 Å². The molecule has 1 N–H and O–H groups in total. The standard InChI is InChI=1S/C15H25N3/c1-4-16-15(13-7-5-6-11(2)8-13)14-10-17-12(3)9-18-14/h9-11,13,15-16H,4-8H2,1-3H3. The van der Waals surface area contributed by atoms with Gasteiger partial charge in [-0.05, 0) is 38.1 Å². The number of nitrogens with one attached hydrogen (secondary N) is 1. The maximum absolute atomic E-state index is 4.57. The Labute approximate surface area is 110 Å². The molecule has 0 aromatic carbocycles. The zero-order valence-electron chi connectivity index (χ0n) is 11.8. The molecular weight excluding hydrogens is 222 g/mol. The van der Waals surface area contributed by atoms with Crippen LogP contribution in [0.2, 0.25) is 0 Å². The Balaban J connectivity index is 2.13. The quantitative estimate of drug-likeness (QED) is 0.887. The molecule has 1 heterocycles. The molecule has 3 heteroatoms. The van der Waals surface area contributed by atoms with Crippen LogP contribution in [0.1, 0.15) is 57.0 Å². The Morgan fingerprint density at radius 1 is 1.33 bits per heavy atom. The number of rotatable bonds is 4. The van der Waals surface area contributed by atoms with Crippen molar-refractivity contribution in [3.8, 4) is 0 Å². The van der Waals surface area contributed by atoms with E-state index < -0.39 is 0 Å². The van der Waals surface area contributed by atoms with Gasteiger partial charge in [0.15, 0.2) is 0 Å². The number of aromatic nitrogens is 2. The van der Waals surface area contributed by atoms with Gasteiger partial charge in [0.25, 0.3) is 0 Å². The fraction of sp³-hybridized carbons (Fsp3) is 0.733. The summed E-state index contributed by atoms with van der Waals surface area (Å²) in [6, 6.07) is 0.380. The zero-order chi connectivity index (χ0) is 13.0. The normalized spacial score (nSPS) is 25.9. The summed E-state index contributed by atoms with van der Waals surface area (Å²) in [6.07, 6.45) is 9.20. The van der Waals surface area contributed by atoms with Gasteiger partial charge >= 0.3 is 0 Å². The number of hydrogen-bond donors (Lipinski definition) is 1. The summed E-state index contributed by atoms with van der Waals surface area (Å²) in [5.74, 6) is 1.56. The molecule has 1 fully saturated rings. The zero-order valence-corrected chi connectivity index (χ0v) is 11.8. The fourth-order valence-electron chi connectivity index (χ4n) is 3.08. The van der Waals surface area contributed by atoms with Crippen molar-refractivity contribution in [2.75, 3.05) is 6.54 Å². The van der Waals surface area contributed by atoms with Gasteiger partial charge in [-0.2, -0.15) is 0 Å². The molecule has 0 aliphatic heterocycles. The van der Waals surface area contributed by atoms with Crippen LogP contribution in [0.5, 0.6) is 0 Å². The van der Waals surface area contributed by atoms with Crippen LogP contribution in [-0.4, -0.2) is 16.5 Å². The van der Waals surface area contributed by atoms with Crippen LogP contribution in [0.4, 0.5) is 0 Å². The first-order valence-electron chi connectivity index (χ1n) is 7.22. The highest BCUT2D eigenvalue weighted by Gasteiger charge is 2.28. The summed E-state index contributed by atoms with van der Waals surface area (Å²) in [5, 5.41) is 3.61. The molecule has 2 rings (SSSR count). The van der Waals surface area contributed by atoms with E-state index in [1.807, 2.05) is 19.3 Å². The number of hydrogen-bond acceptors (Lipinski definition) is 3. The minimum Gasteiger partial charge on any atom is -0.309 e. The van der Waals surface area contributed by atoms with E-state index in [2.05, 4.69) is 29.1 Å². The van der Waals surface area contributed by atoms with Crippen LogP contribution >= 0.6 is 0 Å². The molecule has 3 atom stereocenters. The molecule has 1 aliphatic rings. The molecule has 100 valence electrons. The third kappa shape index (κ3) is 3.29. The van der Waals surface area contributed by atoms with Crippen molar-refractivity contribution in [3.63, 3.8) is 0 Å². The molecule has 0 saturated heterocycles. The topological polar surface area (TPSA) is 37.8 Å². The summed E-state index contributed by atoms with van der Waals surface area (Å²) >= 11 is 0. The average molecular weight is 247 g/mol. The van der Waals surface area contributed by atoms with Gasteiger partial charge in [-0.1, -0.05) is 26.7 Å². The second-order valence-electron chi connectivity index (χ2n) is 5.65. The van der Waals surface area contributed by atoms with E-state index in [4.69, 9.17) is 0 Å². The van der Waals surface area contributed by atoms with E-state index in [0.717, 1.165) is 23.9 Å². The molecular formula is C15H25N3. The monoisotopic (exact) mass is 247 g/mol. The summed E-state index contributed by atoms with van der Waals surface area (Å²) in [4.78, 5) is 8.97. The van der Waals surface area contributed by atoms with Crippen molar-refractivity contribution >= 4 is 0 Å². The molecule has 3 nitrogen and oxygen atoms in total. The Hall–Kier alpha value is -0.960. The van der Waals surface area contributed by atoms with Crippen molar-refractivity contribution in [2.45, 2.75) is 52.5 Å². The average Bonchev–Trinajstić information content (AvgIpc) is 2.37. The molecule has 18 heavy (non-hydrogen) atoms. The largest absolute Gasteiger partial charge is 0.309 e. The van der Waals surface area contributed by atoms with E-state index in [1.54, 1.807) is 0 Å². The van der Waals surface area contributed by atoms with Gasteiger partial charge in [0.2, 0.25) is 0 Å². The maximum Gasteiger partial charge on any atom is 0.0759 e. The molecule has 1 aliphatic carbocycles. The number of nitrogens with zero attached hydrogens (tertiary/aromatic N) is 2. The summed E-state index contributed by atoms with van der Waals surface area (Å²) in [7, 11) is 0. The van der Waals surface area contributed by atoms with E-state index in [0.29, 0.717) is 12.0 Å². The first-order valence-corrected chi connectivity index (χ1v) is 7.22. The molecule has 0 bridgehead atoms. The van der Waals surface area contributed by atoms with Crippen molar-refractivity contribution in [2.24, 2.45) is 11.8 Å². The van der Waals surface area contributed by atoms with E-state index in [-0.39, 0.29) is 0 Å². The molecule has 0 radical (unpaired) electrons. The second kappa shape index (κ2) is 6.28. The Morgan fingerprint density at radius 2 is 2.17 bits per heavy atom. The molecule has 3 unspecified atom stereocenters. The Morgan fingerprint density at radius 3 is 2.78 bits per heavy atom. The van der Waals surface area contributed by atoms with Crippen molar-refractivity contribution in [1.82, 2.24) is 15.3 Å². The summed E-state index contributed by atoms with van der Waals surface area (Å²) in [6.45, 7) is 7.52. The predicted octanol–water partition coefficient (Wildman–Crippen LogP) is 3.26. The summed E-state index contributed by atoms with van der Waals surface area (Å²) in [5.41, 5.74) is 2.10. The highest BCUT2D eigenvalue weighted by Crippen LogP contribution is 2.36. The van der Waals surface area contributed by atoms with Crippen LogP contribution in [0.3, 0.4) is 0 Å². The fourth-order valence-corrected chi connectivity index (χ4v) is 3.08. The minimum atomic E-state index is 0.380. The maximum atomic E-state index is 4.57. The molecule has 1 aromatic rings. The first-order chi connectivity index (χ1) is 8.70. The van der Waals surface area contributed by atoms with Gasteiger partial charge in [0.1, 0.15) is 0 Å². The summed E-state index contributed by atoms with van der Waals surface area (Å²) < 4.78 is 0.